The van der Waals surface area contributed by atoms with Crippen molar-refractivity contribution in [2.24, 2.45) is 7.05 Å². The number of halogens is 1. The maximum Gasteiger partial charge on any atom is 0.434 e. The Morgan fingerprint density at radius 3 is 2.79 bits per heavy atom. The highest BCUT2D eigenvalue weighted by molar-refractivity contribution is 14.1. The van der Waals surface area contributed by atoms with Gasteiger partial charge in [-0.15, -0.1) is 4.68 Å². The van der Waals surface area contributed by atoms with Crippen molar-refractivity contribution in [2.75, 3.05) is 0 Å². The molecule has 7 nitrogen and oxygen atoms in total. The average molecular weight is 369 g/mol. The van der Waals surface area contributed by atoms with Crippen LogP contribution in [0.4, 0.5) is 4.79 Å². The summed E-state index contributed by atoms with van der Waals surface area (Å²) in [5, 5.41) is 17.8. The predicted octanol–water partition coefficient (Wildman–Crippen LogP) is 1.96. The Balaban J connectivity index is 2.21. The zero-order valence-electron chi connectivity index (χ0n) is 9.78. The van der Waals surface area contributed by atoms with Crippen LogP contribution in [0, 0.1) is 3.70 Å². The van der Waals surface area contributed by atoms with Crippen LogP contribution >= 0.6 is 22.6 Å². The van der Waals surface area contributed by atoms with Gasteiger partial charge in [-0.05, 0) is 28.7 Å². The Labute approximate surface area is 121 Å². The van der Waals surface area contributed by atoms with Gasteiger partial charge in [-0.2, -0.15) is 10.2 Å². The lowest BCUT2D eigenvalue weighted by atomic mass is 10.1. The molecule has 0 aliphatic carbocycles. The normalized spacial score (nSPS) is 11.1. The number of hydrogen-bond donors (Lipinski definition) is 1. The summed E-state index contributed by atoms with van der Waals surface area (Å²) < 4.78 is 3.18. The number of aryl methyl sites for hydroxylation is 1. The second kappa shape index (κ2) is 4.30. The topological polar surface area (TPSA) is 85.8 Å². The molecule has 3 rings (SSSR count). The summed E-state index contributed by atoms with van der Waals surface area (Å²) in [5.41, 5.74) is 2.14. The van der Waals surface area contributed by atoms with Crippen molar-refractivity contribution in [1.29, 1.82) is 0 Å². The van der Waals surface area contributed by atoms with E-state index in [-0.39, 0.29) is 0 Å². The highest BCUT2D eigenvalue weighted by Gasteiger charge is 2.15. The fourth-order valence-electron chi connectivity index (χ4n) is 1.83. The number of hydrogen-bond acceptors (Lipinski definition) is 4. The van der Waals surface area contributed by atoms with E-state index in [0.29, 0.717) is 14.7 Å². The molecule has 3 aromatic rings. The van der Waals surface area contributed by atoms with Crippen molar-refractivity contribution in [3.8, 4) is 11.1 Å². The second-order valence-electron chi connectivity index (χ2n) is 3.98. The van der Waals surface area contributed by atoms with Crippen LogP contribution < -0.4 is 0 Å². The third-order valence-electron chi connectivity index (χ3n) is 2.70. The number of carbonyl (C=O) groups is 1. The number of fused-ring (bicyclic) bond motifs is 1. The zero-order chi connectivity index (χ0) is 13.6. The van der Waals surface area contributed by atoms with Gasteiger partial charge in [0.15, 0.2) is 5.65 Å². The van der Waals surface area contributed by atoms with E-state index < -0.39 is 6.09 Å². The van der Waals surface area contributed by atoms with Crippen LogP contribution in [0.5, 0.6) is 0 Å². The third-order valence-corrected chi connectivity index (χ3v) is 3.49. The molecule has 0 bridgehead atoms. The summed E-state index contributed by atoms with van der Waals surface area (Å²) >= 11 is 2.00. The van der Waals surface area contributed by atoms with Crippen LogP contribution in [-0.4, -0.2) is 35.7 Å². The molecule has 0 atom stereocenters. The van der Waals surface area contributed by atoms with Gasteiger partial charge in [-0.3, -0.25) is 4.68 Å². The van der Waals surface area contributed by atoms with Crippen LogP contribution in [-0.2, 0) is 7.05 Å². The molecule has 0 aliphatic rings. The molecule has 0 saturated heterocycles. The molecule has 0 radical (unpaired) electrons. The molecule has 0 aromatic carbocycles. The van der Waals surface area contributed by atoms with Gasteiger partial charge < -0.3 is 5.11 Å². The van der Waals surface area contributed by atoms with E-state index in [9.17, 15) is 4.79 Å². The Bertz CT molecular complexity index is 792. The molecular weight excluding hydrogens is 361 g/mol. The lowest BCUT2D eigenvalue weighted by Crippen LogP contribution is -2.10. The molecule has 0 saturated carbocycles. The molecule has 0 unspecified atom stereocenters. The summed E-state index contributed by atoms with van der Waals surface area (Å²) in [4.78, 5) is 15.2. The molecule has 0 fully saturated rings. The maximum absolute atomic E-state index is 11.0. The number of aromatic nitrogens is 5. The van der Waals surface area contributed by atoms with E-state index in [2.05, 4.69) is 15.2 Å². The predicted molar refractivity (Wildman–Crippen MR) is 75.9 cm³/mol. The van der Waals surface area contributed by atoms with Gasteiger partial charge in [0.05, 0.1) is 11.6 Å². The molecule has 19 heavy (non-hydrogen) atoms. The number of rotatable bonds is 1. The fourth-order valence-corrected chi connectivity index (χ4v) is 2.44. The average Bonchev–Trinajstić information content (AvgIpc) is 2.94. The summed E-state index contributed by atoms with van der Waals surface area (Å²) in [5.74, 6) is 0. The largest absolute Gasteiger partial charge is 0.463 e. The lowest BCUT2D eigenvalue weighted by Gasteiger charge is -1.98. The number of carboxylic acid groups (broad SMARTS) is 1. The Kier molecular flexibility index (Phi) is 2.73. The monoisotopic (exact) mass is 369 g/mol. The Morgan fingerprint density at radius 1 is 1.37 bits per heavy atom. The Hall–Kier alpha value is -1.97. The van der Waals surface area contributed by atoms with Gasteiger partial charge in [-0.25, -0.2) is 9.78 Å². The highest BCUT2D eigenvalue weighted by atomic mass is 127. The van der Waals surface area contributed by atoms with E-state index >= 15 is 0 Å². The van der Waals surface area contributed by atoms with Gasteiger partial charge >= 0.3 is 6.09 Å². The van der Waals surface area contributed by atoms with Crippen LogP contribution in [0.15, 0.2) is 24.7 Å². The van der Waals surface area contributed by atoms with Crippen molar-refractivity contribution in [3.63, 3.8) is 0 Å². The molecule has 8 heteroatoms. The first-order valence-electron chi connectivity index (χ1n) is 5.33. The van der Waals surface area contributed by atoms with E-state index in [1.807, 2.05) is 41.9 Å². The summed E-state index contributed by atoms with van der Waals surface area (Å²) in [6.45, 7) is 0. The van der Waals surface area contributed by atoms with Crippen molar-refractivity contribution >= 4 is 39.7 Å². The molecular formula is C11H8IN5O2. The van der Waals surface area contributed by atoms with Crippen molar-refractivity contribution < 1.29 is 9.90 Å². The summed E-state index contributed by atoms with van der Waals surface area (Å²) in [7, 11) is 1.83. The van der Waals surface area contributed by atoms with E-state index in [4.69, 9.17) is 5.11 Å². The summed E-state index contributed by atoms with van der Waals surface area (Å²) in [6.07, 6.45) is 4.08. The highest BCUT2D eigenvalue weighted by Crippen LogP contribution is 2.25. The van der Waals surface area contributed by atoms with E-state index in [1.54, 1.807) is 17.1 Å². The first kappa shape index (κ1) is 12.1. The first-order valence-corrected chi connectivity index (χ1v) is 6.41. The van der Waals surface area contributed by atoms with Crippen molar-refractivity contribution in [2.45, 2.75) is 0 Å². The maximum atomic E-state index is 11.0. The lowest BCUT2D eigenvalue weighted by molar-refractivity contribution is 0.193. The molecule has 3 aromatic heterocycles. The first-order chi connectivity index (χ1) is 9.06. The second-order valence-corrected chi connectivity index (χ2v) is 5.00. The molecule has 1 N–H and O–H groups in total. The van der Waals surface area contributed by atoms with E-state index in [0.717, 1.165) is 15.8 Å². The van der Waals surface area contributed by atoms with Gasteiger partial charge in [0, 0.05) is 30.6 Å². The molecule has 0 aliphatic heterocycles. The number of pyridine rings is 1. The minimum atomic E-state index is -1.14. The SMILES string of the molecule is Cn1cc(-c2cnc3c(c2)c(I)nn3C(=O)O)cn1. The van der Waals surface area contributed by atoms with Crippen LogP contribution in [0.25, 0.3) is 22.2 Å². The molecule has 0 amide bonds. The van der Waals surface area contributed by atoms with Crippen LogP contribution in [0.3, 0.4) is 0 Å². The standard InChI is InChI=1S/C11H8IN5O2/c1-16-5-7(4-14-16)6-2-8-9(12)15-17(11(18)19)10(8)13-3-6/h2-5H,1H3,(H,18,19). The van der Waals surface area contributed by atoms with Gasteiger partial charge in [0.1, 0.15) is 3.70 Å². The molecule has 0 spiro atoms. The van der Waals surface area contributed by atoms with Gasteiger partial charge in [0.2, 0.25) is 0 Å². The molecule has 96 valence electrons. The van der Waals surface area contributed by atoms with Crippen molar-refractivity contribution in [1.82, 2.24) is 24.5 Å². The van der Waals surface area contributed by atoms with E-state index in [1.165, 1.54) is 0 Å². The number of nitrogens with zero attached hydrogens (tertiary/aromatic N) is 5. The zero-order valence-corrected chi connectivity index (χ0v) is 11.9. The Morgan fingerprint density at radius 2 is 2.16 bits per heavy atom. The quantitative estimate of drug-likeness (QED) is 0.663. The van der Waals surface area contributed by atoms with Crippen molar-refractivity contribution in [3.05, 3.63) is 28.4 Å². The fraction of sp³-hybridized carbons (Fsp3) is 0.0909. The summed E-state index contributed by atoms with van der Waals surface area (Å²) in [6, 6.07) is 1.87. The van der Waals surface area contributed by atoms with Gasteiger partial charge in [0.25, 0.3) is 0 Å². The molecule has 3 heterocycles. The third kappa shape index (κ3) is 1.97. The minimum Gasteiger partial charge on any atom is -0.463 e. The minimum absolute atomic E-state index is 0.338. The smallest absolute Gasteiger partial charge is 0.434 e. The van der Waals surface area contributed by atoms with Crippen LogP contribution in [0.2, 0.25) is 0 Å². The van der Waals surface area contributed by atoms with Gasteiger partial charge in [-0.1, -0.05) is 0 Å². The van der Waals surface area contributed by atoms with Crippen LogP contribution in [0.1, 0.15) is 0 Å².